The summed E-state index contributed by atoms with van der Waals surface area (Å²) in [5.41, 5.74) is 4.79. The van der Waals surface area contributed by atoms with Gasteiger partial charge in [-0.25, -0.2) is 5.57 Å². The van der Waals surface area contributed by atoms with Gasteiger partial charge in [-0.1, -0.05) is 53.0 Å². The topological polar surface area (TPSA) is 0 Å². The van der Waals surface area contributed by atoms with Crippen molar-refractivity contribution < 1.29 is 49.0 Å². The van der Waals surface area contributed by atoms with E-state index in [1.165, 1.54) is 54.9 Å². The molecule has 0 unspecified atom stereocenters. The van der Waals surface area contributed by atoms with Gasteiger partial charge < -0.3 is 24.8 Å². The van der Waals surface area contributed by atoms with Crippen LogP contribution >= 0.6 is 0 Å². The molecule has 0 aliphatic heterocycles. The fourth-order valence-electron chi connectivity index (χ4n) is 3.56. The van der Waals surface area contributed by atoms with E-state index < -0.39 is 0 Å². The molecule has 0 saturated carbocycles. The molecule has 4 rings (SSSR count). The number of hydrogen-bond acceptors (Lipinski definition) is 0. The standard InChI is InChI=1S/C13H21.C9H7.C8H8.2ClH.Zr/c1-12(2,3)10-8-7-9-11(10)13(4,5)6;1-2-5-9-7-3-6-8(9)4-1;1-2-8-6-4-3-5-7-8;;;/h8H,7H2,1-6H3;1-7H;3-7H,1H3;2*1H;/q2*-1;;;;+2/p-2. The largest absolute Gasteiger partial charge is 1.00 e. The summed E-state index contributed by atoms with van der Waals surface area (Å²) in [6.45, 7) is 15.8. The number of halogens is 2. The molecule has 0 amide bonds. The summed E-state index contributed by atoms with van der Waals surface area (Å²) in [7, 11) is 0. The zero-order chi connectivity index (χ0) is 23.1. The second kappa shape index (κ2) is 14.3. The zero-order valence-electron chi connectivity index (χ0n) is 21.0. The van der Waals surface area contributed by atoms with Gasteiger partial charge in [0, 0.05) is 0 Å². The Bertz CT molecular complexity index is 984. The minimum absolute atomic E-state index is 0. The van der Waals surface area contributed by atoms with Crippen LogP contribution in [-0.2, 0) is 24.2 Å². The van der Waals surface area contributed by atoms with Gasteiger partial charge in [0.25, 0.3) is 0 Å². The third-order valence-corrected chi connectivity index (χ3v) is 5.88. The molecule has 0 spiro atoms. The minimum Gasteiger partial charge on any atom is -1.00 e. The summed E-state index contributed by atoms with van der Waals surface area (Å²) in [4.78, 5) is 0. The van der Waals surface area contributed by atoms with Gasteiger partial charge in [-0.3, -0.25) is 6.08 Å². The maximum absolute atomic E-state index is 3.48. The van der Waals surface area contributed by atoms with Crippen LogP contribution in [0.2, 0.25) is 0 Å². The average Bonchev–Trinajstić information content (AvgIpc) is 3.39. The number of benzene rings is 2. The van der Waals surface area contributed by atoms with Crippen LogP contribution in [0.3, 0.4) is 0 Å². The predicted molar refractivity (Wildman–Crippen MR) is 134 cm³/mol. The van der Waals surface area contributed by atoms with Gasteiger partial charge in [0.1, 0.15) is 0 Å². The van der Waals surface area contributed by atoms with Gasteiger partial charge in [0.05, 0.1) is 0 Å². The predicted octanol–water partition coefficient (Wildman–Crippen LogP) is 2.48. The van der Waals surface area contributed by atoms with Crippen molar-refractivity contribution in [1.82, 2.24) is 0 Å². The van der Waals surface area contributed by atoms with E-state index in [0.29, 0.717) is 0 Å². The third kappa shape index (κ3) is 10.3. The Kier molecular flexibility index (Phi) is 13.8. The van der Waals surface area contributed by atoms with Crippen molar-refractivity contribution in [3.05, 3.63) is 102 Å². The van der Waals surface area contributed by atoms with Gasteiger partial charge in [-0.2, -0.15) is 29.2 Å². The minimum atomic E-state index is 0. The summed E-state index contributed by atoms with van der Waals surface area (Å²) in [6.07, 6.45) is 6.80. The molecule has 0 radical (unpaired) electrons. The van der Waals surface area contributed by atoms with Gasteiger partial charge in [-0.15, -0.1) is 36.1 Å². The van der Waals surface area contributed by atoms with Crippen LogP contribution in [-0.4, -0.2) is 3.21 Å². The molecule has 0 N–H and O–H groups in total. The Labute approximate surface area is 229 Å². The number of fused-ring (bicyclic) bond motifs is 1. The average molecular weight is 559 g/mol. The normalized spacial score (nSPS) is 12.6. The second-order valence-corrected chi connectivity index (χ2v) is 11.9. The van der Waals surface area contributed by atoms with Crippen molar-refractivity contribution in [2.45, 2.75) is 54.9 Å². The fraction of sp³-hybridized carbons (Fsp3) is 0.333. The summed E-state index contributed by atoms with van der Waals surface area (Å²) >= 11 is 1.51. The van der Waals surface area contributed by atoms with E-state index in [4.69, 9.17) is 0 Å². The van der Waals surface area contributed by atoms with Crippen LogP contribution in [0.4, 0.5) is 0 Å². The molecular weight excluding hydrogens is 522 g/mol. The Balaban J connectivity index is 0.000000461. The molecule has 0 aromatic heterocycles. The van der Waals surface area contributed by atoms with E-state index in [1.54, 1.807) is 0 Å². The summed E-state index contributed by atoms with van der Waals surface area (Å²) in [5.74, 6) is 0. The van der Waals surface area contributed by atoms with Gasteiger partial charge >= 0.3 is 70.3 Å². The Morgan fingerprint density at radius 1 is 0.818 bits per heavy atom. The van der Waals surface area contributed by atoms with Crippen LogP contribution in [0.25, 0.3) is 10.8 Å². The van der Waals surface area contributed by atoms with Gasteiger partial charge in [0.15, 0.2) is 0 Å². The van der Waals surface area contributed by atoms with E-state index in [0.717, 1.165) is 6.42 Å². The molecule has 0 nitrogen and oxygen atoms in total. The molecule has 0 atom stereocenters. The molecule has 0 saturated heterocycles. The second-order valence-electron chi connectivity index (χ2n) is 10.0. The summed E-state index contributed by atoms with van der Waals surface area (Å²) in [6, 6.07) is 25.1. The van der Waals surface area contributed by atoms with Crippen LogP contribution in [0.15, 0.2) is 90.0 Å². The van der Waals surface area contributed by atoms with E-state index in [2.05, 4.69) is 127 Å². The van der Waals surface area contributed by atoms with Gasteiger partial charge in [0.2, 0.25) is 0 Å². The van der Waals surface area contributed by atoms with Crippen molar-refractivity contribution in [1.29, 1.82) is 0 Å². The van der Waals surface area contributed by atoms with Crippen LogP contribution < -0.4 is 24.8 Å². The summed E-state index contributed by atoms with van der Waals surface area (Å²) in [5, 5.41) is 2.66. The molecule has 1 aliphatic rings. The molecule has 0 fully saturated rings. The van der Waals surface area contributed by atoms with E-state index >= 15 is 0 Å². The van der Waals surface area contributed by atoms with Crippen molar-refractivity contribution in [2.24, 2.45) is 10.8 Å². The van der Waals surface area contributed by atoms with E-state index in [9.17, 15) is 0 Å². The van der Waals surface area contributed by atoms with Crippen molar-refractivity contribution in [3.8, 4) is 0 Å². The van der Waals surface area contributed by atoms with Crippen LogP contribution in [0, 0.1) is 16.9 Å². The molecule has 3 aromatic carbocycles. The Hall–Kier alpha value is -1.14. The molecule has 1 aliphatic carbocycles. The zero-order valence-corrected chi connectivity index (χ0v) is 24.9. The van der Waals surface area contributed by atoms with E-state index in [1.807, 2.05) is 6.07 Å². The first kappa shape index (κ1) is 31.9. The monoisotopic (exact) mass is 556 g/mol. The number of hydrogen-bond donors (Lipinski definition) is 0. The molecule has 3 heteroatoms. The van der Waals surface area contributed by atoms with Crippen LogP contribution in [0.5, 0.6) is 0 Å². The van der Waals surface area contributed by atoms with Crippen molar-refractivity contribution in [3.63, 3.8) is 0 Å². The molecule has 33 heavy (non-hydrogen) atoms. The molecule has 3 aromatic rings. The maximum atomic E-state index is 3.48. The van der Waals surface area contributed by atoms with Crippen molar-refractivity contribution >= 4 is 14.0 Å². The molecule has 176 valence electrons. The maximum Gasteiger partial charge on any atom is -0.0809 e. The Morgan fingerprint density at radius 2 is 1.39 bits per heavy atom. The van der Waals surface area contributed by atoms with E-state index in [-0.39, 0.29) is 35.6 Å². The molecule has 0 bridgehead atoms. The van der Waals surface area contributed by atoms with Crippen LogP contribution in [0.1, 0.15) is 60.5 Å². The Morgan fingerprint density at radius 3 is 1.85 bits per heavy atom. The smallest absolute Gasteiger partial charge is 0.0809 e. The van der Waals surface area contributed by atoms with Crippen molar-refractivity contribution in [2.75, 3.05) is 0 Å². The molecular formula is C30H36Cl2Zr-2. The number of allylic oxidation sites excluding steroid dienone is 4. The SMILES string of the molecule is CC(C)(C)C1=[C-]CC=C1C(C)(C)C.C[C](=[Zr+2])c1ccccc1.[Cl-].[Cl-].c1ccc2[cH-]ccc2c1. The fourth-order valence-corrected chi connectivity index (χ4v) is 3.97. The quantitative estimate of drug-likeness (QED) is 0.403. The first-order chi connectivity index (χ1) is 14.5. The first-order valence-electron chi connectivity index (χ1n) is 11.0. The molecule has 0 heterocycles. The summed E-state index contributed by atoms with van der Waals surface area (Å²) < 4.78 is 1.46. The number of rotatable bonds is 1. The third-order valence-electron chi connectivity index (χ3n) is 5.17. The first-order valence-corrected chi connectivity index (χ1v) is 12.3. The van der Waals surface area contributed by atoms with Gasteiger partial charge in [-0.05, 0) is 5.41 Å².